The SMILES string of the molecule is O=P(c1ccccc1)(c1ccccc1)c1cc2c(ccc3sc(P(=O)(c4ccccc4)c4ccccc4)cc32)s1. The van der Waals surface area contributed by atoms with Gasteiger partial charge < -0.3 is 9.13 Å². The van der Waals surface area contributed by atoms with E-state index in [9.17, 15) is 0 Å². The normalized spacial score (nSPS) is 12.2. The fraction of sp³-hybridized carbons (Fsp3) is 0. The lowest BCUT2D eigenvalue weighted by molar-refractivity contribution is 0.592. The van der Waals surface area contributed by atoms with Crippen molar-refractivity contribution in [3.8, 4) is 0 Å². The van der Waals surface area contributed by atoms with Gasteiger partial charge in [-0.05, 0) is 24.3 Å². The zero-order valence-electron chi connectivity index (χ0n) is 21.4. The van der Waals surface area contributed by atoms with Crippen LogP contribution in [-0.4, -0.2) is 0 Å². The molecular weight excluding hydrogens is 566 g/mol. The number of fused-ring (bicyclic) bond motifs is 3. The number of thiophene rings is 2. The molecule has 0 N–H and O–H groups in total. The second kappa shape index (κ2) is 10.1. The van der Waals surface area contributed by atoms with E-state index in [0.29, 0.717) is 0 Å². The predicted octanol–water partition coefficient (Wildman–Crippen LogP) is 7.39. The highest BCUT2D eigenvalue weighted by atomic mass is 32.1. The first-order valence-electron chi connectivity index (χ1n) is 13.0. The average Bonchev–Trinajstić information content (AvgIpc) is 3.67. The second-order valence-electron chi connectivity index (χ2n) is 9.62. The van der Waals surface area contributed by atoms with Crippen LogP contribution in [0.25, 0.3) is 20.2 Å². The molecule has 2 nitrogen and oxygen atoms in total. The molecule has 0 saturated heterocycles. The minimum atomic E-state index is -3.08. The van der Waals surface area contributed by atoms with E-state index >= 15 is 9.13 Å². The predicted molar refractivity (Wildman–Crippen MR) is 176 cm³/mol. The van der Waals surface area contributed by atoms with Crippen molar-refractivity contribution in [2.24, 2.45) is 0 Å². The Balaban J connectivity index is 1.45. The van der Waals surface area contributed by atoms with E-state index in [1.807, 2.05) is 121 Å². The van der Waals surface area contributed by atoms with Gasteiger partial charge >= 0.3 is 0 Å². The number of hydrogen-bond acceptors (Lipinski definition) is 4. The van der Waals surface area contributed by atoms with E-state index in [1.54, 1.807) is 22.7 Å². The summed E-state index contributed by atoms with van der Waals surface area (Å²) in [5, 5.41) is 5.42. The zero-order valence-corrected chi connectivity index (χ0v) is 24.8. The van der Waals surface area contributed by atoms with Gasteiger partial charge in [0.15, 0.2) is 14.3 Å². The lowest BCUT2D eigenvalue weighted by Gasteiger charge is -2.17. The Morgan fingerprint density at radius 1 is 0.375 bits per heavy atom. The standard InChI is InChI=1S/C34H24O2P2S2/c35-37(25-13-5-1-6-14-25,26-15-7-2-8-16-26)33-23-29-30-24-34(40-32(30)22-21-31(29)39-33)38(36,27-17-9-3-10-18-27)28-19-11-4-12-20-28/h1-24H. The molecule has 0 amide bonds. The highest BCUT2D eigenvalue weighted by Gasteiger charge is 2.34. The molecule has 0 aliphatic rings. The fourth-order valence-electron chi connectivity index (χ4n) is 5.27. The molecule has 6 heteroatoms. The topological polar surface area (TPSA) is 34.1 Å². The van der Waals surface area contributed by atoms with E-state index in [0.717, 1.165) is 50.6 Å². The van der Waals surface area contributed by atoms with Crippen LogP contribution in [0.15, 0.2) is 146 Å². The Morgan fingerprint density at radius 3 is 0.925 bits per heavy atom. The molecule has 2 heterocycles. The highest BCUT2D eigenvalue weighted by molar-refractivity contribution is 7.90. The Labute approximate surface area is 241 Å². The zero-order chi connectivity index (χ0) is 27.2. The van der Waals surface area contributed by atoms with Gasteiger partial charge in [0, 0.05) is 41.4 Å². The maximum atomic E-state index is 15.0. The summed E-state index contributed by atoms with van der Waals surface area (Å²) in [6.07, 6.45) is 0. The second-order valence-corrected chi connectivity index (χ2v) is 17.9. The summed E-state index contributed by atoms with van der Waals surface area (Å²) in [6.45, 7) is 0. The quantitative estimate of drug-likeness (QED) is 0.189. The smallest absolute Gasteiger partial charge is 0.180 e. The molecule has 194 valence electrons. The van der Waals surface area contributed by atoms with Crippen molar-refractivity contribution in [1.82, 2.24) is 0 Å². The molecule has 0 fully saturated rings. The summed E-state index contributed by atoms with van der Waals surface area (Å²) in [5.41, 5.74) is 0. The van der Waals surface area contributed by atoms with Crippen LogP contribution in [0.1, 0.15) is 0 Å². The van der Waals surface area contributed by atoms with E-state index < -0.39 is 14.3 Å². The molecule has 0 radical (unpaired) electrons. The first kappa shape index (κ1) is 25.4. The third-order valence-electron chi connectivity index (χ3n) is 7.27. The molecule has 0 bridgehead atoms. The van der Waals surface area contributed by atoms with Crippen LogP contribution in [0, 0.1) is 0 Å². The maximum absolute atomic E-state index is 15.0. The average molecular weight is 591 g/mol. The van der Waals surface area contributed by atoms with Crippen molar-refractivity contribution in [2.75, 3.05) is 0 Å². The van der Waals surface area contributed by atoms with Gasteiger partial charge in [0.25, 0.3) is 0 Å². The first-order valence-corrected chi connectivity index (χ1v) is 18.0. The Bertz CT molecular complexity index is 1810. The van der Waals surface area contributed by atoms with Gasteiger partial charge in [-0.15, -0.1) is 22.7 Å². The molecule has 0 atom stereocenters. The molecule has 0 aliphatic heterocycles. The van der Waals surface area contributed by atoms with Gasteiger partial charge in [-0.25, -0.2) is 0 Å². The van der Waals surface area contributed by atoms with Crippen LogP contribution in [0.4, 0.5) is 0 Å². The molecule has 0 aliphatic carbocycles. The highest BCUT2D eigenvalue weighted by Crippen LogP contribution is 2.49. The van der Waals surface area contributed by atoms with Gasteiger partial charge in [-0.1, -0.05) is 121 Å². The van der Waals surface area contributed by atoms with Crippen LogP contribution in [0.3, 0.4) is 0 Å². The molecular formula is C34H24O2P2S2. The van der Waals surface area contributed by atoms with Gasteiger partial charge in [0.05, 0.1) is 9.24 Å². The molecule has 5 aromatic carbocycles. The molecule has 0 spiro atoms. The van der Waals surface area contributed by atoms with Crippen LogP contribution in [0.2, 0.25) is 0 Å². The Morgan fingerprint density at radius 2 is 0.650 bits per heavy atom. The van der Waals surface area contributed by atoms with Crippen molar-refractivity contribution in [2.45, 2.75) is 0 Å². The van der Waals surface area contributed by atoms with Crippen LogP contribution < -0.4 is 30.5 Å². The Kier molecular flexibility index (Phi) is 6.45. The molecule has 7 aromatic rings. The lowest BCUT2D eigenvalue weighted by Crippen LogP contribution is -2.23. The van der Waals surface area contributed by atoms with Gasteiger partial charge in [-0.2, -0.15) is 0 Å². The summed E-state index contributed by atoms with van der Waals surface area (Å²) >= 11 is 3.18. The fourth-order valence-corrected chi connectivity index (χ4v) is 14.4. The molecule has 0 saturated carbocycles. The third kappa shape index (κ3) is 4.07. The minimum Gasteiger partial charge on any atom is -0.308 e. The monoisotopic (exact) mass is 590 g/mol. The van der Waals surface area contributed by atoms with Crippen molar-refractivity contribution in [3.63, 3.8) is 0 Å². The van der Waals surface area contributed by atoms with Crippen molar-refractivity contribution < 1.29 is 9.13 Å². The molecule has 7 rings (SSSR count). The summed E-state index contributed by atoms with van der Waals surface area (Å²) in [7, 11) is -6.16. The molecule has 40 heavy (non-hydrogen) atoms. The van der Waals surface area contributed by atoms with E-state index in [1.165, 1.54) is 0 Å². The summed E-state index contributed by atoms with van der Waals surface area (Å²) in [4.78, 5) is 0. The van der Waals surface area contributed by atoms with Gasteiger partial charge in [0.1, 0.15) is 0 Å². The van der Waals surface area contributed by atoms with Crippen molar-refractivity contribution >= 4 is 87.6 Å². The summed E-state index contributed by atoms with van der Waals surface area (Å²) < 4.78 is 33.9. The number of benzene rings is 5. The van der Waals surface area contributed by atoms with E-state index in [2.05, 4.69) is 24.3 Å². The van der Waals surface area contributed by atoms with Crippen LogP contribution >= 0.6 is 37.0 Å². The van der Waals surface area contributed by atoms with Crippen LogP contribution in [-0.2, 0) is 9.13 Å². The number of rotatable bonds is 6. The maximum Gasteiger partial charge on any atom is 0.180 e. The van der Waals surface area contributed by atoms with E-state index in [4.69, 9.17) is 0 Å². The Hall–Kier alpha value is -3.52. The van der Waals surface area contributed by atoms with Crippen molar-refractivity contribution in [3.05, 3.63) is 146 Å². The third-order valence-corrected chi connectivity index (χ3v) is 16.8. The summed E-state index contributed by atoms with van der Waals surface area (Å²) in [6, 6.07) is 47.6. The molecule has 2 aromatic heterocycles. The van der Waals surface area contributed by atoms with Gasteiger partial charge in [0.2, 0.25) is 0 Å². The van der Waals surface area contributed by atoms with Crippen molar-refractivity contribution in [1.29, 1.82) is 0 Å². The largest absolute Gasteiger partial charge is 0.308 e. The van der Waals surface area contributed by atoms with Crippen LogP contribution in [0.5, 0.6) is 0 Å². The minimum absolute atomic E-state index is 0.827. The van der Waals surface area contributed by atoms with E-state index in [-0.39, 0.29) is 0 Å². The lowest BCUT2D eigenvalue weighted by atomic mass is 10.2. The molecule has 0 unspecified atom stereocenters. The summed E-state index contributed by atoms with van der Waals surface area (Å²) in [5.74, 6) is 0. The number of hydrogen-bond donors (Lipinski definition) is 0. The first-order chi connectivity index (χ1) is 19.6. The van der Waals surface area contributed by atoms with Gasteiger partial charge in [-0.3, -0.25) is 0 Å².